The Labute approximate surface area is 171 Å². The highest BCUT2D eigenvalue weighted by Gasteiger charge is 2.22. The minimum absolute atomic E-state index is 0.0906. The number of hydrogen-bond acceptors (Lipinski definition) is 5. The Kier molecular flexibility index (Phi) is 11.2. The van der Waals surface area contributed by atoms with E-state index in [0.29, 0.717) is 12.0 Å². The Bertz CT molecular complexity index is 433. The quantitative estimate of drug-likeness (QED) is 0.292. The molecule has 2 aliphatic rings. The number of likely N-dealkylation sites (tertiary alicyclic amines) is 1. The van der Waals surface area contributed by atoms with Crippen molar-refractivity contribution in [1.82, 2.24) is 20.4 Å². The van der Waals surface area contributed by atoms with E-state index in [2.05, 4.69) is 41.2 Å². The number of aliphatic imine (C=N–C) groups is 1. The normalized spacial score (nSPS) is 21.8. The zero-order valence-corrected chi connectivity index (χ0v) is 18.3. The third-order valence-electron chi connectivity index (χ3n) is 5.61. The van der Waals surface area contributed by atoms with Crippen LogP contribution in [-0.2, 0) is 4.74 Å². The molecule has 3 N–H and O–H groups in total. The van der Waals surface area contributed by atoms with E-state index in [-0.39, 0.29) is 6.10 Å². The zero-order valence-electron chi connectivity index (χ0n) is 18.3. The van der Waals surface area contributed by atoms with Gasteiger partial charge in [-0.25, -0.2) is 0 Å². The molecule has 2 heterocycles. The fourth-order valence-corrected chi connectivity index (χ4v) is 4.02. The Balaban J connectivity index is 1.76. The van der Waals surface area contributed by atoms with Crippen molar-refractivity contribution in [2.24, 2.45) is 10.9 Å². The second-order valence-electron chi connectivity index (χ2n) is 8.50. The highest BCUT2D eigenvalue weighted by Crippen LogP contribution is 2.14. The summed E-state index contributed by atoms with van der Waals surface area (Å²) in [6, 6.07) is 0.485. The van der Waals surface area contributed by atoms with Crippen LogP contribution in [0.15, 0.2) is 4.99 Å². The molecule has 2 saturated heterocycles. The van der Waals surface area contributed by atoms with Crippen LogP contribution < -0.4 is 10.6 Å². The predicted molar refractivity (Wildman–Crippen MR) is 116 cm³/mol. The molecular weight excluding hydrogens is 354 g/mol. The van der Waals surface area contributed by atoms with Crippen LogP contribution in [0.25, 0.3) is 0 Å². The number of nitrogens with one attached hydrogen (secondary N) is 2. The molecule has 0 aliphatic carbocycles. The summed E-state index contributed by atoms with van der Waals surface area (Å²) < 4.78 is 5.52. The predicted octanol–water partition coefficient (Wildman–Crippen LogP) is 1.14. The van der Waals surface area contributed by atoms with Crippen molar-refractivity contribution in [1.29, 1.82) is 0 Å². The van der Waals surface area contributed by atoms with Crippen LogP contribution in [0.5, 0.6) is 0 Å². The molecule has 0 saturated carbocycles. The number of guanidine groups is 1. The lowest BCUT2D eigenvalue weighted by atomic mass is 10.0. The summed E-state index contributed by atoms with van der Waals surface area (Å²) in [5, 5.41) is 16.5. The SMILES string of the molecule is CCNC(=NCC(CC(C)C)N1CCOCC1)NCCCN1CCC(O)CC1. The van der Waals surface area contributed by atoms with Crippen molar-refractivity contribution in [3.8, 4) is 0 Å². The van der Waals surface area contributed by atoms with Crippen LogP contribution >= 0.6 is 0 Å². The van der Waals surface area contributed by atoms with Crippen molar-refractivity contribution >= 4 is 5.96 Å². The Hall–Kier alpha value is -0.890. The number of aliphatic hydroxyl groups is 1. The molecule has 0 radical (unpaired) electrons. The van der Waals surface area contributed by atoms with Gasteiger partial charge in [-0.2, -0.15) is 0 Å². The molecule has 164 valence electrons. The van der Waals surface area contributed by atoms with Gasteiger partial charge in [-0.05, 0) is 45.1 Å². The maximum atomic E-state index is 9.61. The van der Waals surface area contributed by atoms with Crippen LogP contribution in [0.1, 0.15) is 46.5 Å². The molecule has 2 fully saturated rings. The number of rotatable bonds is 10. The second-order valence-corrected chi connectivity index (χ2v) is 8.50. The van der Waals surface area contributed by atoms with Crippen LogP contribution in [-0.4, -0.2) is 98.6 Å². The maximum absolute atomic E-state index is 9.61. The summed E-state index contributed by atoms with van der Waals surface area (Å²) in [5.41, 5.74) is 0. The first-order valence-corrected chi connectivity index (χ1v) is 11.3. The second kappa shape index (κ2) is 13.4. The summed E-state index contributed by atoms with van der Waals surface area (Å²) in [6.07, 6.45) is 4.00. The fraction of sp³-hybridized carbons (Fsp3) is 0.952. The molecule has 7 heteroatoms. The van der Waals surface area contributed by atoms with Gasteiger partial charge in [-0.3, -0.25) is 9.89 Å². The minimum Gasteiger partial charge on any atom is -0.393 e. The van der Waals surface area contributed by atoms with Gasteiger partial charge in [0.15, 0.2) is 5.96 Å². The number of aliphatic hydroxyl groups excluding tert-OH is 1. The van der Waals surface area contributed by atoms with Crippen molar-refractivity contribution in [3.05, 3.63) is 0 Å². The first kappa shape index (κ1) is 23.4. The lowest BCUT2D eigenvalue weighted by Gasteiger charge is -2.34. The molecule has 7 nitrogen and oxygen atoms in total. The van der Waals surface area contributed by atoms with E-state index in [1.807, 2.05) is 0 Å². The summed E-state index contributed by atoms with van der Waals surface area (Å²) in [5.74, 6) is 1.60. The van der Waals surface area contributed by atoms with Gasteiger partial charge in [0.1, 0.15) is 0 Å². The lowest BCUT2D eigenvalue weighted by Crippen LogP contribution is -2.46. The Morgan fingerprint density at radius 1 is 1.14 bits per heavy atom. The van der Waals surface area contributed by atoms with Crippen molar-refractivity contribution < 1.29 is 9.84 Å². The smallest absolute Gasteiger partial charge is 0.191 e. The van der Waals surface area contributed by atoms with Crippen LogP contribution in [0.3, 0.4) is 0 Å². The number of nitrogens with zero attached hydrogens (tertiary/aromatic N) is 3. The van der Waals surface area contributed by atoms with Gasteiger partial charge in [0.05, 0.1) is 25.9 Å². The van der Waals surface area contributed by atoms with E-state index in [0.717, 1.165) is 90.8 Å². The molecule has 2 aliphatic heterocycles. The highest BCUT2D eigenvalue weighted by atomic mass is 16.5. The first-order valence-electron chi connectivity index (χ1n) is 11.3. The molecule has 0 aromatic rings. The van der Waals surface area contributed by atoms with Gasteiger partial charge in [-0.15, -0.1) is 0 Å². The van der Waals surface area contributed by atoms with E-state index < -0.39 is 0 Å². The Morgan fingerprint density at radius 3 is 2.50 bits per heavy atom. The average Bonchev–Trinajstić information content (AvgIpc) is 2.70. The van der Waals surface area contributed by atoms with E-state index in [1.165, 1.54) is 6.42 Å². The van der Waals surface area contributed by atoms with Crippen molar-refractivity contribution in [2.45, 2.75) is 58.6 Å². The summed E-state index contributed by atoms with van der Waals surface area (Å²) >= 11 is 0. The van der Waals surface area contributed by atoms with E-state index in [4.69, 9.17) is 9.73 Å². The maximum Gasteiger partial charge on any atom is 0.191 e. The van der Waals surface area contributed by atoms with E-state index >= 15 is 0 Å². The van der Waals surface area contributed by atoms with Crippen LogP contribution in [0.2, 0.25) is 0 Å². The molecule has 2 rings (SSSR count). The third-order valence-corrected chi connectivity index (χ3v) is 5.61. The number of ether oxygens (including phenoxy) is 1. The first-order chi connectivity index (χ1) is 13.6. The van der Waals surface area contributed by atoms with Crippen LogP contribution in [0, 0.1) is 5.92 Å². The van der Waals surface area contributed by atoms with Gasteiger partial charge in [0.2, 0.25) is 0 Å². The standard InChI is InChI=1S/C21H43N5O2/c1-4-22-21(23-8-5-9-25-10-6-20(27)7-11-25)24-17-19(16-18(2)3)26-12-14-28-15-13-26/h18-20,27H,4-17H2,1-3H3,(H2,22,23,24). The van der Waals surface area contributed by atoms with Gasteiger partial charge in [0.25, 0.3) is 0 Å². The van der Waals surface area contributed by atoms with Crippen molar-refractivity contribution in [3.63, 3.8) is 0 Å². The number of piperidine rings is 1. The van der Waals surface area contributed by atoms with Gasteiger partial charge >= 0.3 is 0 Å². The summed E-state index contributed by atoms with van der Waals surface area (Å²) in [7, 11) is 0. The molecular formula is C21H43N5O2. The molecule has 0 spiro atoms. The minimum atomic E-state index is -0.0906. The lowest BCUT2D eigenvalue weighted by molar-refractivity contribution is 0.0143. The van der Waals surface area contributed by atoms with Gasteiger partial charge in [0, 0.05) is 45.3 Å². The van der Waals surface area contributed by atoms with Crippen molar-refractivity contribution in [2.75, 3.05) is 65.6 Å². The zero-order chi connectivity index (χ0) is 20.2. The van der Waals surface area contributed by atoms with Gasteiger partial charge < -0.3 is 25.4 Å². The molecule has 1 unspecified atom stereocenters. The van der Waals surface area contributed by atoms with E-state index in [9.17, 15) is 5.11 Å². The molecule has 0 aromatic heterocycles. The molecule has 0 bridgehead atoms. The molecule has 0 aromatic carbocycles. The number of hydrogen-bond donors (Lipinski definition) is 3. The number of morpholine rings is 1. The molecule has 28 heavy (non-hydrogen) atoms. The Morgan fingerprint density at radius 2 is 1.86 bits per heavy atom. The fourth-order valence-electron chi connectivity index (χ4n) is 4.02. The van der Waals surface area contributed by atoms with E-state index in [1.54, 1.807) is 0 Å². The largest absolute Gasteiger partial charge is 0.393 e. The summed E-state index contributed by atoms with van der Waals surface area (Å²) in [4.78, 5) is 9.90. The monoisotopic (exact) mass is 397 g/mol. The third kappa shape index (κ3) is 9.07. The topological polar surface area (TPSA) is 72.4 Å². The highest BCUT2D eigenvalue weighted by molar-refractivity contribution is 5.79. The van der Waals surface area contributed by atoms with Gasteiger partial charge in [-0.1, -0.05) is 13.8 Å². The molecule has 0 amide bonds. The average molecular weight is 398 g/mol. The summed E-state index contributed by atoms with van der Waals surface area (Å²) in [6.45, 7) is 16.2. The van der Waals surface area contributed by atoms with Crippen LogP contribution in [0.4, 0.5) is 0 Å². The molecule has 1 atom stereocenters.